The quantitative estimate of drug-likeness (QED) is 0.115. The molecule has 0 radical (unpaired) electrons. The van der Waals surface area contributed by atoms with E-state index < -0.39 is 0 Å². The van der Waals surface area contributed by atoms with Crippen LogP contribution in [0.1, 0.15) is 92.9 Å². The van der Waals surface area contributed by atoms with E-state index in [-0.39, 0.29) is 20.4 Å². The molecule has 0 saturated carbocycles. The molecule has 0 fully saturated rings. The SMILES string of the molecule is Cc1ccnc(-n2c3[c-]c(Oc4[c-]c(-n5nc(C)c(-c6c(C(C)C)cc(C(C)C)cc6C(C)C)c5C)ccc4)ccc3c3ccccc32)c1.[Pd+2]. The summed E-state index contributed by atoms with van der Waals surface area (Å²) in [5.74, 6) is 3.29. The van der Waals surface area contributed by atoms with Crippen molar-refractivity contribution < 1.29 is 25.2 Å². The van der Waals surface area contributed by atoms with Crippen LogP contribution in [0.2, 0.25) is 0 Å². The molecule has 3 aromatic heterocycles. The fraction of sp³-hybridized carbons (Fsp3) is 0.273. The first-order valence-corrected chi connectivity index (χ1v) is 17.3. The molecule has 0 aliphatic rings. The zero-order valence-corrected chi connectivity index (χ0v) is 31.9. The van der Waals surface area contributed by atoms with Crippen LogP contribution in [0, 0.1) is 32.9 Å². The van der Waals surface area contributed by atoms with E-state index in [0.717, 1.165) is 50.3 Å². The van der Waals surface area contributed by atoms with Crippen molar-refractivity contribution in [2.45, 2.75) is 80.1 Å². The molecule has 0 aliphatic heterocycles. The minimum Gasteiger partial charge on any atom is -0.509 e. The van der Waals surface area contributed by atoms with Gasteiger partial charge < -0.3 is 9.30 Å². The molecular formula is C44H44N4OPd. The predicted molar refractivity (Wildman–Crippen MR) is 202 cm³/mol. The Hall–Kier alpha value is -4.50. The van der Waals surface area contributed by atoms with Crippen molar-refractivity contribution in [3.63, 3.8) is 0 Å². The van der Waals surface area contributed by atoms with Gasteiger partial charge in [0.05, 0.1) is 5.69 Å². The van der Waals surface area contributed by atoms with Crippen molar-refractivity contribution in [1.82, 2.24) is 19.3 Å². The van der Waals surface area contributed by atoms with Gasteiger partial charge in [0.2, 0.25) is 0 Å². The van der Waals surface area contributed by atoms with Gasteiger partial charge in [-0.3, -0.25) is 4.68 Å². The number of para-hydroxylation sites is 1. The predicted octanol–water partition coefficient (Wildman–Crippen LogP) is 11.7. The van der Waals surface area contributed by atoms with Crippen LogP contribution in [-0.2, 0) is 20.4 Å². The minimum absolute atomic E-state index is 0. The third-order valence-electron chi connectivity index (χ3n) is 9.56. The van der Waals surface area contributed by atoms with Crippen molar-refractivity contribution in [1.29, 1.82) is 0 Å². The van der Waals surface area contributed by atoms with Crippen LogP contribution in [0.15, 0.2) is 85.1 Å². The smallest absolute Gasteiger partial charge is 0.509 e. The Morgan fingerprint density at radius 2 is 1.38 bits per heavy atom. The summed E-state index contributed by atoms with van der Waals surface area (Å²) in [6, 6.07) is 34.5. The summed E-state index contributed by atoms with van der Waals surface area (Å²) < 4.78 is 10.6. The molecule has 4 aromatic carbocycles. The van der Waals surface area contributed by atoms with Gasteiger partial charge in [-0.25, -0.2) is 4.98 Å². The second-order valence-electron chi connectivity index (χ2n) is 14.1. The topological polar surface area (TPSA) is 44.9 Å². The van der Waals surface area contributed by atoms with Crippen LogP contribution >= 0.6 is 0 Å². The molecule has 7 aromatic rings. The minimum atomic E-state index is 0. The Labute approximate surface area is 310 Å². The Morgan fingerprint density at radius 1 is 0.680 bits per heavy atom. The summed E-state index contributed by atoms with van der Waals surface area (Å²) in [6.45, 7) is 20.1. The van der Waals surface area contributed by atoms with Gasteiger partial charge in [-0.05, 0) is 95.6 Å². The average molecular weight is 751 g/mol. The Bertz CT molecular complexity index is 2310. The molecule has 0 atom stereocenters. The molecule has 5 nitrogen and oxygen atoms in total. The van der Waals surface area contributed by atoms with E-state index >= 15 is 0 Å². The normalized spacial score (nSPS) is 11.7. The fourth-order valence-corrected chi connectivity index (χ4v) is 7.04. The van der Waals surface area contributed by atoms with E-state index in [4.69, 9.17) is 14.8 Å². The summed E-state index contributed by atoms with van der Waals surface area (Å²) in [4.78, 5) is 4.71. The van der Waals surface area contributed by atoms with Crippen molar-refractivity contribution in [3.8, 4) is 34.1 Å². The van der Waals surface area contributed by atoms with E-state index in [9.17, 15) is 0 Å². The molecule has 3 heterocycles. The van der Waals surface area contributed by atoms with Crippen molar-refractivity contribution in [3.05, 3.63) is 131 Å². The first kappa shape index (κ1) is 35.3. The van der Waals surface area contributed by atoms with Crippen molar-refractivity contribution in [2.75, 3.05) is 0 Å². The second-order valence-corrected chi connectivity index (χ2v) is 14.1. The third-order valence-corrected chi connectivity index (χ3v) is 9.56. The number of rotatable bonds is 8. The van der Waals surface area contributed by atoms with E-state index in [1.54, 1.807) is 0 Å². The van der Waals surface area contributed by atoms with Gasteiger partial charge in [0.1, 0.15) is 5.82 Å². The van der Waals surface area contributed by atoms with Gasteiger partial charge in [0.15, 0.2) is 0 Å². The van der Waals surface area contributed by atoms with Crippen LogP contribution in [0.25, 0.3) is 44.4 Å². The molecule has 7 rings (SSSR count). The first-order chi connectivity index (χ1) is 23.5. The number of fused-ring (bicyclic) bond motifs is 3. The molecule has 0 N–H and O–H groups in total. The number of hydrogen-bond donors (Lipinski definition) is 0. The van der Waals surface area contributed by atoms with Crippen LogP contribution in [0.3, 0.4) is 0 Å². The molecular weight excluding hydrogens is 707 g/mol. The van der Waals surface area contributed by atoms with Crippen LogP contribution in [-0.4, -0.2) is 19.3 Å². The summed E-state index contributed by atoms with van der Waals surface area (Å²) in [5.41, 5.74) is 12.8. The van der Waals surface area contributed by atoms with E-state index in [1.807, 2.05) is 41.2 Å². The number of pyridine rings is 1. The van der Waals surface area contributed by atoms with E-state index in [2.05, 4.69) is 128 Å². The zero-order chi connectivity index (χ0) is 34.6. The van der Waals surface area contributed by atoms with Gasteiger partial charge in [-0.1, -0.05) is 77.4 Å². The zero-order valence-electron chi connectivity index (χ0n) is 30.3. The maximum absolute atomic E-state index is 6.47. The molecule has 0 unspecified atom stereocenters. The van der Waals surface area contributed by atoms with Gasteiger partial charge in [-0.2, -0.15) is 17.2 Å². The summed E-state index contributed by atoms with van der Waals surface area (Å²) in [6.07, 6.45) is 1.85. The standard InChI is InChI=1S/C44H44N4O.Pd/c1-26(2)32-22-38(27(3)4)44(39(23-32)28(5)6)43-30(8)46-48(31(43)9)33-13-12-14-34(24-33)49-35-17-18-37-36-15-10-11-16-40(36)47(41(37)25-35)42-21-29(7)19-20-45-42;/h10-23,26-28H,1-9H3;/q-2;+2. The first-order valence-electron chi connectivity index (χ1n) is 17.3. The van der Waals surface area contributed by atoms with Gasteiger partial charge >= 0.3 is 20.4 Å². The Kier molecular flexibility index (Phi) is 9.91. The maximum atomic E-state index is 6.47. The van der Waals surface area contributed by atoms with Crippen LogP contribution < -0.4 is 4.74 Å². The van der Waals surface area contributed by atoms with Crippen LogP contribution in [0.5, 0.6) is 11.5 Å². The fourth-order valence-electron chi connectivity index (χ4n) is 7.04. The molecule has 0 saturated heterocycles. The van der Waals surface area contributed by atoms with Crippen LogP contribution in [0.4, 0.5) is 0 Å². The number of benzene rings is 4. The van der Waals surface area contributed by atoms with Crippen molar-refractivity contribution in [2.24, 2.45) is 0 Å². The van der Waals surface area contributed by atoms with Gasteiger partial charge in [0.25, 0.3) is 0 Å². The van der Waals surface area contributed by atoms with E-state index in [1.165, 1.54) is 27.8 Å². The largest absolute Gasteiger partial charge is 2.00 e. The molecule has 0 amide bonds. The number of ether oxygens (including phenoxy) is 1. The summed E-state index contributed by atoms with van der Waals surface area (Å²) in [5, 5.41) is 7.34. The maximum Gasteiger partial charge on any atom is 2.00 e. The number of aryl methyl sites for hydroxylation is 2. The molecule has 256 valence electrons. The summed E-state index contributed by atoms with van der Waals surface area (Å²) >= 11 is 0. The Balaban J connectivity index is 0.00000432. The molecule has 0 bridgehead atoms. The Morgan fingerprint density at radius 3 is 2.06 bits per heavy atom. The number of aromatic nitrogens is 4. The molecule has 50 heavy (non-hydrogen) atoms. The molecule has 0 aliphatic carbocycles. The van der Waals surface area contributed by atoms with Gasteiger partial charge in [0, 0.05) is 34.5 Å². The van der Waals surface area contributed by atoms with Crippen molar-refractivity contribution >= 4 is 21.8 Å². The number of hydrogen-bond acceptors (Lipinski definition) is 3. The van der Waals surface area contributed by atoms with E-state index in [0.29, 0.717) is 29.3 Å². The van der Waals surface area contributed by atoms with Gasteiger partial charge in [-0.15, -0.1) is 35.7 Å². The molecule has 0 spiro atoms. The third kappa shape index (κ3) is 6.32. The monoisotopic (exact) mass is 750 g/mol. The number of nitrogens with zero attached hydrogens (tertiary/aromatic N) is 4. The summed E-state index contributed by atoms with van der Waals surface area (Å²) in [7, 11) is 0. The second kappa shape index (κ2) is 14.0. The molecule has 6 heteroatoms. The average Bonchev–Trinajstić information content (AvgIpc) is 3.56.